The summed E-state index contributed by atoms with van der Waals surface area (Å²) >= 11 is 0. The molecule has 3 heteroatoms. The van der Waals surface area contributed by atoms with Crippen LogP contribution in [0.25, 0.3) is 0 Å². The smallest absolute Gasteiger partial charge is 0.285 e. The number of ketones is 1. The third kappa shape index (κ3) is 1.35. The van der Waals surface area contributed by atoms with Gasteiger partial charge in [-0.2, -0.15) is 0 Å². The van der Waals surface area contributed by atoms with Crippen LogP contribution in [0.1, 0.15) is 19.8 Å². The highest BCUT2D eigenvalue weighted by Gasteiger charge is 2.34. The number of nitrogens with two attached hydrogens (primary N) is 1. The van der Waals surface area contributed by atoms with E-state index in [1.54, 1.807) is 6.92 Å². The fourth-order valence-electron chi connectivity index (χ4n) is 1.03. The number of carbonyl (C=O) groups is 2. The zero-order chi connectivity index (χ0) is 7.72. The largest absolute Gasteiger partial charge is 0.363 e. The molecule has 0 aromatic carbocycles. The summed E-state index contributed by atoms with van der Waals surface area (Å²) in [5.74, 6) is -0.917. The first-order valence-electron chi connectivity index (χ1n) is 3.46. The highest BCUT2D eigenvalue weighted by molar-refractivity contribution is 6.36. The Morgan fingerprint density at radius 1 is 1.50 bits per heavy atom. The molecule has 56 valence electrons. The van der Waals surface area contributed by atoms with E-state index in [9.17, 15) is 9.59 Å². The van der Waals surface area contributed by atoms with Crippen LogP contribution < -0.4 is 5.73 Å². The SMILES string of the molecule is CC(C(=O)C(N)=O)C1CC1. The Bertz CT molecular complexity index is 172. The molecule has 0 bridgehead atoms. The van der Waals surface area contributed by atoms with E-state index < -0.39 is 11.7 Å². The van der Waals surface area contributed by atoms with E-state index in [0.29, 0.717) is 5.92 Å². The van der Waals surface area contributed by atoms with E-state index >= 15 is 0 Å². The average molecular weight is 141 g/mol. The Hall–Kier alpha value is -0.860. The van der Waals surface area contributed by atoms with Crippen molar-refractivity contribution in [3.8, 4) is 0 Å². The first-order valence-corrected chi connectivity index (χ1v) is 3.46. The van der Waals surface area contributed by atoms with Crippen molar-refractivity contribution >= 4 is 11.7 Å². The lowest BCUT2D eigenvalue weighted by Crippen LogP contribution is -2.29. The molecular weight excluding hydrogens is 130 g/mol. The maximum Gasteiger partial charge on any atom is 0.285 e. The van der Waals surface area contributed by atoms with Gasteiger partial charge in [0.2, 0.25) is 5.78 Å². The fourth-order valence-corrected chi connectivity index (χ4v) is 1.03. The van der Waals surface area contributed by atoms with Gasteiger partial charge in [-0.1, -0.05) is 6.92 Å². The quantitative estimate of drug-likeness (QED) is 0.566. The van der Waals surface area contributed by atoms with E-state index in [1.807, 2.05) is 0 Å². The third-order valence-corrected chi connectivity index (χ3v) is 1.99. The van der Waals surface area contributed by atoms with Gasteiger partial charge in [0.1, 0.15) is 0 Å². The summed E-state index contributed by atoms with van der Waals surface area (Å²) in [6.07, 6.45) is 2.14. The molecule has 0 aromatic rings. The molecule has 0 aromatic heterocycles. The Morgan fingerprint density at radius 2 is 2.00 bits per heavy atom. The molecule has 1 amide bonds. The van der Waals surface area contributed by atoms with Gasteiger partial charge in [0, 0.05) is 5.92 Å². The summed E-state index contributed by atoms with van der Waals surface area (Å²) in [5.41, 5.74) is 4.81. The second-order valence-corrected chi connectivity index (χ2v) is 2.85. The second kappa shape index (κ2) is 2.40. The van der Waals surface area contributed by atoms with Crippen molar-refractivity contribution in [3.63, 3.8) is 0 Å². The normalized spacial score (nSPS) is 20.1. The standard InChI is InChI=1S/C7H11NO2/c1-4(5-2-3-5)6(9)7(8)10/h4-5H,2-3H2,1H3,(H2,8,10). The number of hydrogen-bond acceptors (Lipinski definition) is 2. The lowest BCUT2D eigenvalue weighted by molar-refractivity contribution is -0.138. The van der Waals surface area contributed by atoms with Gasteiger partial charge in [-0.15, -0.1) is 0 Å². The molecule has 2 N–H and O–H groups in total. The zero-order valence-corrected chi connectivity index (χ0v) is 5.96. The number of Topliss-reactive ketones (excluding diaryl/α,β-unsaturated/α-hetero) is 1. The average Bonchev–Trinajstić information content (AvgIpc) is 2.65. The van der Waals surface area contributed by atoms with Gasteiger partial charge in [0.05, 0.1) is 0 Å². The molecule has 1 unspecified atom stereocenters. The van der Waals surface area contributed by atoms with Gasteiger partial charge in [-0.25, -0.2) is 0 Å². The van der Waals surface area contributed by atoms with Gasteiger partial charge < -0.3 is 5.73 Å². The molecule has 10 heavy (non-hydrogen) atoms. The van der Waals surface area contributed by atoms with Gasteiger partial charge in [-0.05, 0) is 18.8 Å². The maximum absolute atomic E-state index is 10.8. The number of hydrogen-bond donors (Lipinski definition) is 1. The highest BCUT2D eigenvalue weighted by atomic mass is 16.2. The van der Waals surface area contributed by atoms with Crippen LogP contribution in [-0.2, 0) is 9.59 Å². The molecule has 1 atom stereocenters. The minimum absolute atomic E-state index is 0.141. The Kier molecular flexibility index (Phi) is 1.74. The van der Waals surface area contributed by atoms with E-state index in [2.05, 4.69) is 0 Å². The van der Waals surface area contributed by atoms with Crippen molar-refractivity contribution in [1.82, 2.24) is 0 Å². The Morgan fingerprint density at radius 3 is 2.30 bits per heavy atom. The first-order chi connectivity index (χ1) is 4.63. The highest BCUT2D eigenvalue weighted by Crippen LogP contribution is 2.36. The van der Waals surface area contributed by atoms with Crippen LogP contribution in [-0.4, -0.2) is 11.7 Å². The van der Waals surface area contributed by atoms with Gasteiger partial charge in [0.25, 0.3) is 5.91 Å². The summed E-state index contributed by atoms with van der Waals surface area (Å²) in [6.45, 7) is 1.77. The van der Waals surface area contributed by atoms with Crippen LogP contribution in [0.2, 0.25) is 0 Å². The van der Waals surface area contributed by atoms with E-state index in [0.717, 1.165) is 12.8 Å². The molecule has 1 fully saturated rings. The van der Waals surface area contributed by atoms with Gasteiger partial charge in [0.15, 0.2) is 0 Å². The van der Waals surface area contributed by atoms with Gasteiger partial charge >= 0.3 is 0 Å². The lowest BCUT2D eigenvalue weighted by Gasteiger charge is -2.03. The van der Waals surface area contributed by atoms with Crippen LogP contribution in [0, 0.1) is 11.8 Å². The molecule has 1 aliphatic rings. The lowest BCUT2D eigenvalue weighted by atomic mass is 10.0. The van der Waals surface area contributed by atoms with Crippen molar-refractivity contribution < 1.29 is 9.59 Å². The van der Waals surface area contributed by atoms with E-state index in [4.69, 9.17) is 5.73 Å². The molecular formula is C7H11NO2. The molecule has 1 saturated carbocycles. The summed E-state index contributed by atoms with van der Waals surface area (Å²) in [5, 5.41) is 0. The van der Waals surface area contributed by atoms with Crippen molar-refractivity contribution in [3.05, 3.63) is 0 Å². The Balaban J connectivity index is 2.46. The predicted octanol–water partition coefficient (Wildman–Crippen LogP) is 0.0869. The Labute approximate surface area is 59.6 Å². The fraction of sp³-hybridized carbons (Fsp3) is 0.714. The summed E-state index contributed by atoms with van der Waals surface area (Å²) < 4.78 is 0. The van der Waals surface area contributed by atoms with Crippen molar-refractivity contribution in [2.24, 2.45) is 17.6 Å². The number of amides is 1. The summed E-state index contributed by atoms with van der Waals surface area (Å²) in [7, 11) is 0. The molecule has 0 radical (unpaired) electrons. The molecule has 1 rings (SSSR count). The molecule has 0 aliphatic heterocycles. The minimum atomic E-state index is -0.792. The van der Waals surface area contributed by atoms with Crippen molar-refractivity contribution in [2.75, 3.05) is 0 Å². The van der Waals surface area contributed by atoms with Crippen LogP contribution in [0.4, 0.5) is 0 Å². The monoisotopic (exact) mass is 141 g/mol. The maximum atomic E-state index is 10.8. The zero-order valence-electron chi connectivity index (χ0n) is 5.96. The van der Waals surface area contributed by atoms with Crippen molar-refractivity contribution in [1.29, 1.82) is 0 Å². The number of carbonyl (C=O) groups excluding carboxylic acids is 2. The molecule has 3 nitrogen and oxygen atoms in total. The summed E-state index contributed by atoms with van der Waals surface area (Å²) in [4.78, 5) is 21.2. The first kappa shape index (κ1) is 7.25. The van der Waals surface area contributed by atoms with Crippen LogP contribution in [0.5, 0.6) is 0 Å². The van der Waals surface area contributed by atoms with Crippen LogP contribution >= 0.6 is 0 Å². The molecule has 0 heterocycles. The van der Waals surface area contributed by atoms with Crippen molar-refractivity contribution in [2.45, 2.75) is 19.8 Å². The summed E-state index contributed by atoms with van der Waals surface area (Å²) in [6, 6.07) is 0. The third-order valence-electron chi connectivity index (χ3n) is 1.99. The molecule has 0 spiro atoms. The van der Waals surface area contributed by atoms with Crippen LogP contribution in [0.15, 0.2) is 0 Å². The topological polar surface area (TPSA) is 60.2 Å². The molecule has 1 aliphatic carbocycles. The van der Waals surface area contributed by atoms with E-state index in [-0.39, 0.29) is 5.92 Å². The van der Waals surface area contributed by atoms with Crippen LogP contribution in [0.3, 0.4) is 0 Å². The van der Waals surface area contributed by atoms with Gasteiger partial charge in [-0.3, -0.25) is 9.59 Å². The molecule has 0 saturated heterocycles. The number of primary amides is 1. The number of rotatable bonds is 3. The van der Waals surface area contributed by atoms with E-state index in [1.165, 1.54) is 0 Å². The second-order valence-electron chi connectivity index (χ2n) is 2.85. The minimum Gasteiger partial charge on any atom is -0.363 e. The predicted molar refractivity (Wildman–Crippen MR) is 36.1 cm³/mol.